The highest BCUT2D eigenvalue weighted by Gasteiger charge is 2.79. The number of carbonyl (C=O) groups excluding carboxylic acids is 7. The zero-order valence-corrected chi connectivity index (χ0v) is 47.6. The SMILES string of the molecule is CC(=O)OC1=C2C(C)[C@@H](OC(=O)[C@H](O[Si](C)(C)C(C)(C)C)[C@@H](NC(=O)c3ccccc3)c3ccccc3)C[C@@](O)([C@@H](OC(=O)c3ccccc3)[C@H]3[C@](C)(C1=O)[C@@H](OC(=O)OCc1ccccc1)CC1OC[C@]13OC(C)=O)C2(C)C. The van der Waals surface area contributed by atoms with Crippen LogP contribution in [0.25, 0.3) is 0 Å². The second kappa shape index (κ2) is 22.3. The van der Waals surface area contributed by atoms with Crippen molar-refractivity contribution in [2.75, 3.05) is 6.61 Å². The van der Waals surface area contributed by atoms with Crippen molar-refractivity contribution in [3.63, 3.8) is 0 Å². The van der Waals surface area contributed by atoms with Gasteiger partial charge in [0.1, 0.15) is 36.6 Å². The van der Waals surface area contributed by atoms with Crippen LogP contribution in [-0.2, 0) is 63.4 Å². The number of rotatable bonds is 15. The molecule has 2 N–H and O–H groups in total. The van der Waals surface area contributed by atoms with Crippen LogP contribution in [-0.4, -0.2) is 103 Å². The Morgan fingerprint density at radius 2 is 1.35 bits per heavy atom. The minimum absolute atomic E-state index is 0.00235. The van der Waals surface area contributed by atoms with Gasteiger partial charge in [0, 0.05) is 43.6 Å². The largest absolute Gasteiger partial charge is 0.508 e. The highest BCUT2D eigenvalue weighted by atomic mass is 28.4. The lowest BCUT2D eigenvalue weighted by atomic mass is 9.45. The van der Waals surface area contributed by atoms with E-state index in [9.17, 15) is 29.1 Å². The molecule has 8 rings (SSSR count). The number of ketones is 1. The summed E-state index contributed by atoms with van der Waals surface area (Å²) in [6.45, 7) is 17.8. The van der Waals surface area contributed by atoms with E-state index >= 15 is 9.59 Å². The molecular formula is C61H71NO16Si. The Morgan fingerprint density at radius 1 is 0.785 bits per heavy atom. The number of benzene rings is 4. The molecular weight excluding hydrogens is 1030 g/mol. The summed E-state index contributed by atoms with van der Waals surface area (Å²) in [5.41, 5.74) is -6.79. The third kappa shape index (κ3) is 11.0. The molecule has 3 fully saturated rings. The molecule has 11 atom stereocenters. The van der Waals surface area contributed by atoms with Crippen molar-refractivity contribution in [3.05, 3.63) is 155 Å². The van der Waals surface area contributed by atoms with E-state index in [0.29, 0.717) is 16.7 Å². The molecule has 2 saturated carbocycles. The Bertz CT molecular complexity index is 2980. The van der Waals surface area contributed by atoms with Gasteiger partial charge in [-0.2, -0.15) is 0 Å². The number of hydrogen-bond acceptors (Lipinski definition) is 16. The molecule has 420 valence electrons. The first-order chi connectivity index (χ1) is 37.2. The second-order valence-electron chi connectivity index (χ2n) is 23.4. The van der Waals surface area contributed by atoms with E-state index in [1.54, 1.807) is 130 Å². The van der Waals surface area contributed by atoms with Crippen molar-refractivity contribution in [1.82, 2.24) is 5.32 Å². The van der Waals surface area contributed by atoms with Crippen molar-refractivity contribution in [3.8, 4) is 0 Å². The molecule has 1 aliphatic heterocycles. The van der Waals surface area contributed by atoms with Crippen molar-refractivity contribution >= 4 is 50.0 Å². The highest BCUT2D eigenvalue weighted by Crippen LogP contribution is 2.65. The number of nitrogens with one attached hydrogen (secondary N) is 1. The lowest BCUT2D eigenvalue weighted by molar-refractivity contribution is -0.345. The number of esters is 4. The van der Waals surface area contributed by atoms with Gasteiger partial charge in [0.05, 0.1) is 29.5 Å². The number of carbonyl (C=O) groups is 7. The average Bonchev–Trinajstić information content (AvgIpc) is 3.13. The molecule has 1 saturated heterocycles. The molecule has 4 aliphatic rings. The number of fused-ring (bicyclic) bond motifs is 5. The third-order valence-corrected chi connectivity index (χ3v) is 21.5. The summed E-state index contributed by atoms with van der Waals surface area (Å²) in [5.74, 6) is -8.41. The molecule has 0 radical (unpaired) electrons. The molecule has 4 aromatic carbocycles. The van der Waals surface area contributed by atoms with E-state index in [1.165, 1.54) is 19.1 Å². The summed E-state index contributed by atoms with van der Waals surface area (Å²) < 4.78 is 50.7. The molecule has 2 unspecified atom stereocenters. The summed E-state index contributed by atoms with van der Waals surface area (Å²) in [5, 5.41) is 16.9. The van der Waals surface area contributed by atoms with Crippen LogP contribution < -0.4 is 5.32 Å². The smallest absolute Gasteiger partial charge is 0.460 e. The summed E-state index contributed by atoms with van der Waals surface area (Å²) in [4.78, 5) is 102. The van der Waals surface area contributed by atoms with Crippen LogP contribution in [0.5, 0.6) is 0 Å². The van der Waals surface area contributed by atoms with Crippen LogP contribution >= 0.6 is 0 Å². The molecule has 3 aliphatic carbocycles. The quantitative estimate of drug-likeness (QED) is 0.0642. The number of amides is 1. The van der Waals surface area contributed by atoms with Crippen LogP contribution in [0.2, 0.25) is 18.1 Å². The lowest BCUT2D eigenvalue weighted by Gasteiger charge is -2.67. The van der Waals surface area contributed by atoms with Gasteiger partial charge >= 0.3 is 30.0 Å². The zero-order valence-electron chi connectivity index (χ0n) is 46.6. The van der Waals surface area contributed by atoms with Gasteiger partial charge in [0.15, 0.2) is 25.8 Å². The summed E-state index contributed by atoms with van der Waals surface area (Å²) in [6.07, 6.45) is -9.55. The first-order valence-corrected chi connectivity index (χ1v) is 29.5. The standard InChI is InChI=1S/C61H71NO16Si/c1-36-43(74-55(68)49(78-79(10,11)57(4,5)6)47(40-26-18-13-19-27-40)62-53(66)41-28-20-14-21-29-41)33-61(70)52(76-54(67)42-30-22-15-23-31-42)50-59(9,51(65)48(73-37(2)63)46(36)58(61,7)8)44(32-45-60(50,35-72-45)77-38(3)64)75-56(69)71-34-39-24-16-12-17-25-39/h12-31,36,43-45,47,49-50,52,70H,32-35H2,1-11H3,(H,62,66)/t36?,43-,44-,45?,47-,49+,50-,52-,59+,60-,61+/m0/s1. The number of hydrogen-bond donors (Lipinski definition) is 2. The molecule has 1 heterocycles. The van der Waals surface area contributed by atoms with E-state index < -0.39 is 138 Å². The Morgan fingerprint density at radius 3 is 1.90 bits per heavy atom. The minimum Gasteiger partial charge on any atom is -0.460 e. The lowest BCUT2D eigenvalue weighted by Crippen LogP contribution is -2.81. The van der Waals surface area contributed by atoms with Gasteiger partial charge in [0.2, 0.25) is 5.78 Å². The Hall–Kier alpha value is -6.99. The number of aliphatic hydroxyl groups is 1. The van der Waals surface area contributed by atoms with Crippen molar-refractivity contribution in [2.45, 2.75) is 148 Å². The second-order valence-corrected chi connectivity index (χ2v) is 28.1. The van der Waals surface area contributed by atoms with Gasteiger partial charge in [-0.3, -0.25) is 19.2 Å². The summed E-state index contributed by atoms with van der Waals surface area (Å²) in [7, 11) is -2.98. The fraction of sp³-hybridized carbons (Fsp3) is 0.459. The summed E-state index contributed by atoms with van der Waals surface area (Å²) in [6, 6.07) is 32.9. The van der Waals surface area contributed by atoms with Crippen LogP contribution in [0.3, 0.4) is 0 Å². The van der Waals surface area contributed by atoms with Gasteiger partial charge in [0.25, 0.3) is 5.91 Å². The number of Topliss-reactive ketones (excluding diaryl/α,β-unsaturated/α-hetero) is 1. The molecule has 79 heavy (non-hydrogen) atoms. The Kier molecular flexibility index (Phi) is 16.4. The van der Waals surface area contributed by atoms with E-state index in [1.807, 2.05) is 33.9 Å². The fourth-order valence-corrected chi connectivity index (χ4v) is 13.0. The number of allylic oxidation sites excluding steroid dienone is 1. The van der Waals surface area contributed by atoms with Gasteiger partial charge in [-0.25, -0.2) is 14.4 Å². The van der Waals surface area contributed by atoms with Crippen LogP contribution in [0.1, 0.15) is 113 Å². The minimum atomic E-state index is -2.98. The van der Waals surface area contributed by atoms with Gasteiger partial charge in [-0.1, -0.05) is 139 Å². The summed E-state index contributed by atoms with van der Waals surface area (Å²) >= 11 is 0. The maximum Gasteiger partial charge on any atom is 0.508 e. The normalized spacial score (nSPS) is 27.8. The molecule has 17 nitrogen and oxygen atoms in total. The first-order valence-electron chi connectivity index (χ1n) is 26.6. The first kappa shape index (κ1) is 58.2. The third-order valence-electron chi connectivity index (χ3n) is 17.1. The number of ether oxygens (including phenoxy) is 7. The molecule has 0 spiro atoms. The van der Waals surface area contributed by atoms with E-state index in [4.69, 9.17) is 37.6 Å². The Labute approximate surface area is 461 Å². The van der Waals surface area contributed by atoms with Gasteiger partial charge in [-0.05, 0) is 66.0 Å². The van der Waals surface area contributed by atoms with Gasteiger partial charge < -0.3 is 48.0 Å². The van der Waals surface area contributed by atoms with Gasteiger partial charge in [-0.15, -0.1) is 0 Å². The predicted molar refractivity (Wildman–Crippen MR) is 289 cm³/mol. The van der Waals surface area contributed by atoms with E-state index in [-0.39, 0.29) is 30.8 Å². The van der Waals surface area contributed by atoms with Crippen molar-refractivity contribution in [2.24, 2.45) is 22.7 Å². The molecule has 18 heteroatoms. The maximum absolute atomic E-state index is 16.4. The van der Waals surface area contributed by atoms with Crippen LogP contribution in [0.15, 0.2) is 133 Å². The van der Waals surface area contributed by atoms with Crippen molar-refractivity contribution in [1.29, 1.82) is 0 Å². The maximum atomic E-state index is 16.4. The van der Waals surface area contributed by atoms with E-state index in [2.05, 4.69) is 5.32 Å². The molecule has 1 amide bonds. The van der Waals surface area contributed by atoms with Crippen molar-refractivity contribution < 1.29 is 76.3 Å². The van der Waals surface area contributed by atoms with E-state index in [0.717, 1.165) is 13.8 Å². The average molecular weight is 1100 g/mol. The molecule has 4 aromatic rings. The topological polar surface area (TPSA) is 226 Å². The molecule has 0 aromatic heterocycles. The van der Waals surface area contributed by atoms with Crippen LogP contribution in [0, 0.1) is 22.7 Å². The van der Waals surface area contributed by atoms with Crippen LogP contribution in [0.4, 0.5) is 4.79 Å². The Balaban J connectivity index is 1.33. The highest BCUT2D eigenvalue weighted by molar-refractivity contribution is 6.74. The predicted octanol–water partition coefficient (Wildman–Crippen LogP) is 9.33. The monoisotopic (exact) mass is 1100 g/mol. The molecule has 2 bridgehead atoms. The fourth-order valence-electron chi connectivity index (χ4n) is 11.8. The zero-order chi connectivity index (χ0) is 57.5.